The number of nitrogens with two attached hydrogens (primary N) is 1. The number of carbonyl (C=O) groups is 2. The van der Waals surface area contributed by atoms with Crippen molar-refractivity contribution < 1.29 is 18.8 Å². The molecule has 0 aromatic carbocycles. The van der Waals surface area contributed by atoms with Crippen LogP contribution in [0.1, 0.15) is 41.5 Å². The molecule has 1 unspecified atom stereocenters. The number of hydrogen-bond donors (Lipinski definition) is 2. The molecule has 0 saturated heterocycles. The van der Waals surface area contributed by atoms with Gasteiger partial charge in [0.1, 0.15) is 0 Å². The normalized spacial score (nSPS) is 12.8. The van der Waals surface area contributed by atoms with Crippen molar-refractivity contribution in [1.82, 2.24) is 19.5 Å². The van der Waals surface area contributed by atoms with E-state index in [-0.39, 0.29) is 44.8 Å². The minimum absolute atomic E-state index is 0.00798. The second-order valence-electron chi connectivity index (χ2n) is 9.61. The van der Waals surface area contributed by atoms with Gasteiger partial charge in [0.2, 0.25) is 5.95 Å². The zero-order valence-corrected chi connectivity index (χ0v) is 20.4. The Hall–Kier alpha value is -2.42. The highest BCUT2D eigenvalue weighted by molar-refractivity contribution is 7.32. The summed E-state index contributed by atoms with van der Waals surface area (Å²) in [6.45, 7) is 15.1. The number of rotatable bonds is 10. The van der Waals surface area contributed by atoms with Gasteiger partial charge in [-0.05, 0) is 5.57 Å². The van der Waals surface area contributed by atoms with Gasteiger partial charge in [-0.15, -0.1) is 0 Å². The van der Waals surface area contributed by atoms with E-state index >= 15 is 0 Å². The van der Waals surface area contributed by atoms with Crippen LogP contribution in [0.3, 0.4) is 0 Å². The highest BCUT2D eigenvalue weighted by Crippen LogP contribution is 2.29. The number of ether oxygens (including phenoxy) is 1. The Labute approximate surface area is 188 Å². The first-order chi connectivity index (χ1) is 14.7. The van der Waals surface area contributed by atoms with Crippen molar-refractivity contribution in [2.75, 3.05) is 18.7 Å². The van der Waals surface area contributed by atoms with E-state index in [1.54, 1.807) is 46.1 Å². The van der Waals surface area contributed by atoms with Crippen LogP contribution in [0.25, 0.3) is 11.2 Å². The largest absolute Gasteiger partial charge is 0.370 e. The SMILES string of the molecule is C=C(COCPOC(C(=O)C(C)(C)C)C(=O)C(C)(C)C)Cn1cnc2c(=O)[nH]c(N)nc21. The summed E-state index contributed by atoms with van der Waals surface area (Å²) in [5.74, 6) is -0.486. The van der Waals surface area contributed by atoms with Crippen LogP contribution in [0.2, 0.25) is 0 Å². The predicted molar refractivity (Wildman–Crippen MR) is 125 cm³/mol. The van der Waals surface area contributed by atoms with Gasteiger partial charge >= 0.3 is 0 Å². The summed E-state index contributed by atoms with van der Waals surface area (Å²) in [7, 11) is -0.188. The topological polar surface area (TPSA) is 142 Å². The van der Waals surface area contributed by atoms with Gasteiger partial charge in [0.05, 0.1) is 19.3 Å². The van der Waals surface area contributed by atoms with Gasteiger partial charge in [-0.1, -0.05) is 48.1 Å². The first kappa shape index (κ1) is 25.8. The predicted octanol–water partition coefficient (Wildman–Crippen LogP) is 2.44. The van der Waals surface area contributed by atoms with Crippen molar-refractivity contribution in [1.29, 1.82) is 0 Å². The summed E-state index contributed by atoms with van der Waals surface area (Å²) in [4.78, 5) is 47.8. The van der Waals surface area contributed by atoms with Gasteiger partial charge < -0.3 is 19.6 Å². The van der Waals surface area contributed by atoms with Crippen LogP contribution in [0.4, 0.5) is 5.95 Å². The van der Waals surface area contributed by atoms with Crippen molar-refractivity contribution in [3.63, 3.8) is 0 Å². The van der Waals surface area contributed by atoms with Gasteiger partial charge in [0.25, 0.3) is 5.56 Å². The smallest absolute Gasteiger partial charge is 0.280 e. The van der Waals surface area contributed by atoms with Crippen LogP contribution in [0, 0.1) is 10.8 Å². The van der Waals surface area contributed by atoms with Crippen LogP contribution in [-0.4, -0.2) is 50.1 Å². The molecule has 2 aromatic rings. The number of carbonyl (C=O) groups excluding carboxylic acids is 2. The fourth-order valence-corrected chi connectivity index (χ4v) is 3.37. The number of H-pyrrole nitrogens is 1. The van der Waals surface area contributed by atoms with Crippen molar-refractivity contribution in [3.05, 3.63) is 28.8 Å². The third-order valence-electron chi connectivity index (χ3n) is 4.51. The van der Waals surface area contributed by atoms with E-state index in [2.05, 4.69) is 21.5 Å². The lowest BCUT2D eigenvalue weighted by atomic mass is 9.80. The number of fused-ring (bicyclic) bond motifs is 1. The molecule has 3 N–H and O–H groups in total. The molecule has 11 heteroatoms. The average Bonchev–Trinajstić information content (AvgIpc) is 3.05. The molecule has 2 aromatic heterocycles. The zero-order chi connectivity index (χ0) is 24.3. The van der Waals surface area contributed by atoms with E-state index in [0.29, 0.717) is 17.8 Å². The number of nitrogen functional groups attached to an aromatic ring is 1. The lowest BCUT2D eigenvalue weighted by Crippen LogP contribution is -2.44. The van der Waals surface area contributed by atoms with E-state index in [9.17, 15) is 14.4 Å². The summed E-state index contributed by atoms with van der Waals surface area (Å²) in [6, 6.07) is 0. The maximum absolute atomic E-state index is 12.7. The fourth-order valence-electron chi connectivity index (χ4n) is 2.74. The molecule has 0 amide bonds. The van der Waals surface area contributed by atoms with Crippen LogP contribution >= 0.6 is 8.81 Å². The Morgan fingerprint density at radius 1 is 1.22 bits per heavy atom. The van der Waals surface area contributed by atoms with E-state index in [0.717, 1.165) is 0 Å². The minimum atomic E-state index is -1.12. The van der Waals surface area contributed by atoms with E-state index < -0.39 is 22.5 Å². The second-order valence-corrected chi connectivity index (χ2v) is 10.4. The van der Waals surface area contributed by atoms with Gasteiger partial charge in [0.15, 0.2) is 28.8 Å². The van der Waals surface area contributed by atoms with Crippen molar-refractivity contribution >= 4 is 37.5 Å². The molecule has 10 nitrogen and oxygen atoms in total. The Bertz CT molecular complexity index is 1040. The average molecular weight is 465 g/mol. The number of anilines is 1. The maximum Gasteiger partial charge on any atom is 0.280 e. The highest BCUT2D eigenvalue weighted by atomic mass is 31.1. The molecule has 0 aliphatic carbocycles. The maximum atomic E-state index is 12.7. The zero-order valence-electron chi connectivity index (χ0n) is 19.4. The molecule has 2 heterocycles. The van der Waals surface area contributed by atoms with Gasteiger partial charge in [-0.2, -0.15) is 4.98 Å². The lowest BCUT2D eigenvalue weighted by Gasteiger charge is -2.28. The van der Waals surface area contributed by atoms with Crippen LogP contribution in [-0.2, 0) is 25.4 Å². The molecule has 2 rings (SSSR count). The van der Waals surface area contributed by atoms with Gasteiger partial charge in [-0.3, -0.25) is 19.4 Å². The molecule has 0 bridgehead atoms. The van der Waals surface area contributed by atoms with Crippen molar-refractivity contribution in [2.24, 2.45) is 10.8 Å². The first-order valence-electron chi connectivity index (χ1n) is 10.1. The summed E-state index contributed by atoms with van der Waals surface area (Å²) in [6.07, 6.45) is 0.579. The van der Waals surface area contributed by atoms with Gasteiger partial charge in [0, 0.05) is 26.2 Å². The molecule has 0 aliphatic rings. The molecule has 176 valence electrons. The van der Waals surface area contributed by atoms with Gasteiger partial charge in [-0.25, -0.2) is 4.98 Å². The molecule has 0 saturated carbocycles. The van der Waals surface area contributed by atoms with Crippen molar-refractivity contribution in [2.45, 2.75) is 54.2 Å². The van der Waals surface area contributed by atoms with Crippen molar-refractivity contribution in [3.8, 4) is 0 Å². The number of nitrogens with one attached hydrogen (secondary N) is 1. The number of aromatic amines is 1. The molecular weight excluding hydrogens is 433 g/mol. The third-order valence-corrected chi connectivity index (χ3v) is 5.23. The summed E-state index contributed by atoms with van der Waals surface area (Å²) >= 11 is 0. The number of Topliss-reactive ketones (excluding diaryl/α,β-unsaturated/α-hetero) is 2. The standard InChI is InChI=1S/C21H32N5O5P/c1-12(8-26-10-23-13-17(26)24-19(22)25-18(13)29)9-30-11-32-31-14(15(27)20(2,3)4)16(28)21(5,6)7/h10,14,32H,1,8-9,11H2,2-7H3,(H3,22,24,25,29). The summed E-state index contributed by atoms with van der Waals surface area (Å²) in [5.41, 5.74) is 5.07. The van der Waals surface area contributed by atoms with Crippen LogP contribution < -0.4 is 11.3 Å². The number of ketones is 2. The molecule has 0 radical (unpaired) electrons. The quantitative estimate of drug-likeness (QED) is 0.236. The Kier molecular flexibility index (Phi) is 8.09. The Morgan fingerprint density at radius 3 is 2.38 bits per heavy atom. The highest BCUT2D eigenvalue weighted by Gasteiger charge is 2.40. The minimum Gasteiger partial charge on any atom is -0.370 e. The summed E-state index contributed by atoms with van der Waals surface area (Å²) < 4.78 is 12.9. The van der Waals surface area contributed by atoms with Crippen LogP contribution in [0.15, 0.2) is 23.3 Å². The number of nitrogens with zero attached hydrogens (tertiary/aromatic N) is 3. The van der Waals surface area contributed by atoms with E-state index in [1.807, 2.05) is 0 Å². The molecule has 0 spiro atoms. The molecule has 0 aliphatic heterocycles. The molecule has 32 heavy (non-hydrogen) atoms. The monoisotopic (exact) mass is 465 g/mol. The Morgan fingerprint density at radius 2 is 1.81 bits per heavy atom. The number of hydrogen-bond acceptors (Lipinski definition) is 8. The molecule has 0 fully saturated rings. The second kappa shape index (κ2) is 10.0. The Balaban J connectivity index is 1.89. The summed E-state index contributed by atoms with van der Waals surface area (Å²) in [5, 5.41) is 0. The number of imidazole rings is 1. The molecular formula is C21H32N5O5P. The first-order valence-corrected chi connectivity index (χ1v) is 11.3. The molecule has 1 atom stereocenters. The fraction of sp³-hybridized carbons (Fsp3) is 0.571. The lowest BCUT2D eigenvalue weighted by molar-refractivity contribution is -0.145. The van der Waals surface area contributed by atoms with Crippen LogP contribution in [0.5, 0.6) is 0 Å². The third kappa shape index (κ3) is 6.54. The van der Waals surface area contributed by atoms with E-state index in [4.69, 9.17) is 15.0 Å². The van der Waals surface area contributed by atoms with E-state index in [1.165, 1.54) is 6.33 Å². The number of aromatic nitrogens is 4.